The smallest absolute Gasteiger partial charge is 1.00 e. The second-order valence-corrected chi connectivity index (χ2v) is 3.53. The minimum Gasteiger partial charge on any atom is -1.00 e. The Labute approximate surface area is 119 Å². The Morgan fingerprint density at radius 3 is 2.42 bits per heavy atom. The summed E-state index contributed by atoms with van der Waals surface area (Å²) in [6.45, 7) is 0. The summed E-state index contributed by atoms with van der Waals surface area (Å²) in [4.78, 5) is 3.37. The molecule has 1 aromatic heterocycles. The number of nitrogens with zero attached hydrogens (tertiary/aromatic N) is 1. The van der Waals surface area contributed by atoms with E-state index < -0.39 is 15.1 Å². The van der Waals surface area contributed by atoms with Gasteiger partial charge >= 0.3 is 61.5 Å². The maximum Gasteiger partial charge on any atom is 1.00 e. The zero-order valence-electron chi connectivity index (χ0n) is 7.23. The summed E-state index contributed by atoms with van der Waals surface area (Å²) in [5.41, 5.74) is 0. The Hall–Kier alpha value is 0.986. The van der Waals surface area contributed by atoms with E-state index in [0.29, 0.717) is 0 Å². The van der Waals surface area contributed by atoms with E-state index in [1.54, 1.807) is 0 Å². The fourth-order valence-corrected chi connectivity index (χ4v) is 1.21. The van der Waals surface area contributed by atoms with Crippen molar-refractivity contribution in [2.75, 3.05) is 0 Å². The van der Waals surface area contributed by atoms with Crippen molar-refractivity contribution in [3.63, 3.8) is 0 Å². The van der Waals surface area contributed by atoms with Crippen LogP contribution in [0.1, 0.15) is 1.43 Å². The van der Waals surface area contributed by atoms with Crippen molar-refractivity contribution in [2.45, 2.75) is 5.03 Å². The van der Waals surface area contributed by atoms with Gasteiger partial charge in [0, 0.05) is 0 Å². The second-order valence-electron chi connectivity index (χ2n) is 1.77. The van der Waals surface area contributed by atoms with E-state index in [1.807, 2.05) is 0 Å². The van der Waals surface area contributed by atoms with Crippen LogP contribution in [0, 0.1) is 0 Å². The first kappa shape index (κ1) is 13.0. The van der Waals surface area contributed by atoms with E-state index >= 15 is 0 Å². The van der Waals surface area contributed by atoms with Gasteiger partial charge in [0.1, 0.15) is 5.15 Å². The molecule has 0 amide bonds. The van der Waals surface area contributed by atoms with Crippen LogP contribution in [-0.2, 0) is 10.1 Å². The van der Waals surface area contributed by atoms with Crippen LogP contribution in [0.25, 0.3) is 0 Å². The molecule has 0 radical (unpaired) electrons. The van der Waals surface area contributed by atoms with Gasteiger partial charge in [-0.25, -0.2) is 4.98 Å². The SMILES string of the molecule is O=S(=O)(O)c1cccc(Cl)n1.[H-].[K+]. The molecule has 0 spiro atoms. The van der Waals surface area contributed by atoms with Crippen LogP contribution in [0.15, 0.2) is 23.2 Å². The summed E-state index contributed by atoms with van der Waals surface area (Å²) in [5, 5.41) is -0.412. The average Bonchev–Trinajstić information content (AvgIpc) is 1.86. The third-order valence-electron chi connectivity index (χ3n) is 0.954. The molecule has 62 valence electrons. The normalized spacial score (nSPS) is 10.5. The standard InChI is InChI=1S/C5H4ClNO3S.K.H/c6-4-2-1-3-5(7-4)11(8,9)10;;/h1-3H,(H,8,9,10);;/q;+1;-1. The number of hydrogen-bond donors (Lipinski definition) is 1. The van der Waals surface area contributed by atoms with Crippen molar-refractivity contribution >= 4 is 21.7 Å². The number of halogens is 1. The van der Waals surface area contributed by atoms with Gasteiger partial charge in [-0.15, -0.1) is 0 Å². The molecule has 12 heavy (non-hydrogen) atoms. The Kier molecular flexibility index (Phi) is 5.43. The quantitative estimate of drug-likeness (QED) is 0.350. The molecule has 1 aromatic rings. The maximum absolute atomic E-state index is 10.4. The van der Waals surface area contributed by atoms with Crippen molar-refractivity contribution in [1.29, 1.82) is 0 Å². The third-order valence-corrected chi connectivity index (χ3v) is 1.92. The Bertz CT molecular complexity index is 372. The minimum atomic E-state index is -4.22. The predicted molar refractivity (Wildman–Crippen MR) is 40.2 cm³/mol. The summed E-state index contributed by atoms with van der Waals surface area (Å²) in [5.74, 6) is 0. The molecule has 4 nitrogen and oxygen atoms in total. The van der Waals surface area contributed by atoms with Gasteiger partial charge in [-0.2, -0.15) is 8.42 Å². The van der Waals surface area contributed by atoms with E-state index in [2.05, 4.69) is 4.98 Å². The van der Waals surface area contributed by atoms with Gasteiger partial charge in [0.25, 0.3) is 0 Å². The summed E-state index contributed by atoms with van der Waals surface area (Å²) in [6.07, 6.45) is 0. The monoisotopic (exact) mass is 233 g/mol. The van der Waals surface area contributed by atoms with Crippen molar-refractivity contribution < 1.29 is 65.8 Å². The molecule has 0 aliphatic carbocycles. The third kappa shape index (κ3) is 3.80. The predicted octanol–water partition coefficient (Wildman–Crippen LogP) is -1.90. The molecule has 0 unspecified atom stereocenters. The largest absolute Gasteiger partial charge is 1.00 e. The molecule has 1 heterocycles. The topological polar surface area (TPSA) is 67.3 Å². The molecule has 0 aromatic carbocycles. The molecule has 1 N–H and O–H groups in total. The van der Waals surface area contributed by atoms with Crippen LogP contribution in [0.2, 0.25) is 5.15 Å². The van der Waals surface area contributed by atoms with Crippen molar-refractivity contribution in [2.24, 2.45) is 0 Å². The summed E-state index contributed by atoms with van der Waals surface area (Å²) >= 11 is 5.36. The Morgan fingerprint density at radius 2 is 2.08 bits per heavy atom. The van der Waals surface area contributed by atoms with Gasteiger partial charge in [0.15, 0.2) is 5.03 Å². The first-order valence-electron chi connectivity index (χ1n) is 2.60. The van der Waals surface area contributed by atoms with Crippen LogP contribution in [-0.4, -0.2) is 18.0 Å². The van der Waals surface area contributed by atoms with E-state index in [0.717, 1.165) is 6.07 Å². The summed E-state index contributed by atoms with van der Waals surface area (Å²) < 4.78 is 29.3. The molecule has 7 heteroatoms. The van der Waals surface area contributed by atoms with Crippen molar-refractivity contribution in [3.8, 4) is 0 Å². The summed E-state index contributed by atoms with van der Waals surface area (Å²) in [7, 11) is -4.22. The zero-order valence-corrected chi connectivity index (χ0v) is 10.9. The minimum absolute atomic E-state index is 0. The molecule has 0 aliphatic heterocycles. The molecular formula is C5H5ClKNO3S. The van der Waals surface area contributed by atoms with Crippen LogP contribution in [0.3, 0.4) is 0 Å². The van der Waals surface area contributed by atoms with Crippen LogP contribution in [0.4, 0.5) is 0 Å². The molecule has 0 saturated heterocycles. The van der Waals surface area contributed by atoms with Crippen molar-refractivity contribution in [1.82, 2.24) is 4.98 Å². The van der Waals surface area contributed by atoms with Gasteiger partial charge in [-0.3, -0.25) is 4.55 Å². The molecule has 0 bridgehead atoms. The molecular weight excluding hydrogens is 229 g/mol. The first-order valence-corrected chi connectivity index (χ1v) is 4.42. The number of pyridine rings is 1. The van der Waals surface area contributed by atoms with E-state index in [1.165, 1.54) is 12.1 Å². The maximum atomic E-state index is 10.4. The Morgan fingerprint density at radius 1 is 1.50 bits per heavy atom. The van der Waals surface area contributed by atoms with Crippen LogP contribution < -0.4 is 51.4 Å². The average molecular weight is 234 g/mol. The molecule has 1 rings (SSSR count). The van der Waals surface area contributed by atoms with Gasteiger partial charge < -0.3 is 1.43 Å². The summed E-state index contributed by atoms with van der Waals surface area (Å²) in [6, 6.07) is 3.95. The molecule has 0 fully saturated rings. The van der Waals surface area contributed by atoms with Crippen molar-refractivity contribution in [3.05, 3.63) is 23.4 Å². The van der Waals surface area contributed by atoms with E-state index in [4.69, 9.17) is 16.2 Å². The molecule has 0 atom stereocenters. The zero-order chi connectivity index (χ0) is 8.48. The fraction of sp³-hybridized carbons (Fsp3) is 0. The number of hydrogen-bond acceptors (Lipinski definition) is 3. The second kappa shape index (κ2) is 5.01. The first-order chi connectivity index (χ1) is 5.00. The van der Waals surface area contributed by atoms with Gasteiger partial charge in [0.2, 0.25) is 0 Å². The van der Waals surface area contributed by atoms with Gasteiger partial charge in [-0.1, -0.05) is 17.7 Å². The fourth-order valence-electron chi connectivity index (χ4n) is 0.533. The van der Waals surface area contributed by atoms with Gasteiger partial charge in [-0.05, 0) is 12.1 Å². The van der Waals surface area contributed by atoms with Crippen LogP contribution >= 0.6 is 11.6 Å². The molecule has 0 aliphatic rings. The van der Waals surface area contributed by atoms with E-state index in [9.17, 15) is 8.42 Å². The Balaban J connectivity index is 0. The van der Waals surface area contributed by atoms with Crippen LogP contribution in [0.5, 0.6) is 0 Å². The number of rotatable bonds is 1. The van der Waals surface area contributed by atoms with E-state index in [-0.39, 0.29) is 58.0 Å². The molecule has 0 saturated carbocycles. The van der Waals surface area contributed by atoms with Gasteiger partial charge in [0.05, 0.1) is 0 Å². The number of aromatic nitrogens is 1.